The van der Waals surface area contributed by atoms with Gasteiger partial charge >= 0.3 is 5.97 Å². The molecule has 2 aromatic rings. The van der Waals surface area contributed by atoms with E-state index in [2.05, 4.69) is 33.9 Å². The number of rotatable bonds is 12. The van der Waals surface area contributed by atoms with E-state index in [9.17, 15) is 15.0 Å². The molecular formula is C30H40N4O4. The lowest BCUT2D eigenvalue weighted by molar-refractivity contribution is -0.144. The van der Waals surface area contributed by atoms with Crippen LogP contribution in [-0.2, 0) is 16.1 Å². The molecule has 204 valence electrons. The van der Waals surface area contributed by atoms with Crippen molar-refractivity contribution >= 4 is 11.8 Å². The predicted molar refractivity (Wildman–Crippen MR) is 148 cm³/mol. The number of aromatic nitrogens is 2. The molecule has 0 radical (unpaired) electrons. The van der Waals surface area contributed by atoms with E-state index >= 15 is 0 Å². The van der Waals surface area contributed by atoms with Gasteiger partial charge in [0.15, 0.2) is 11.8 Å². The molecule has 1 saturated heterocycles. The zero-order valence-corrected chi connectivity index (χ0v) is 22.3. The van der Waals surface area contributed by atoms with Gasteiger partial charge in [-0.1, -0.05) is 50.5 Å². The Kier molecular flexibility index (Phi) is 8.37. The van der Waals surface area contributed by atoms with Crippen LogP contribution >= 0.6 is 0 Å². The second kappa shape index (κ2) is 12.1. The van der Waals surface area contributed by atoms with Crippen LogP contribution in [0.3, 0.4) is 0 Å². The van der Waals surface area contributed by atoms with Crippen molar-refractivity contribution in [1.29, 1.82) is 0 Å². The summed E-state index contributed by atoms with van der Waals surface area (Å²) in [5, 5.41) is 22.1. The number of anilines is 1. The lowest BCUT2D eigenvalue weighted by Crippen LogP contribution is -2.49. The van der Waals surface area contributed by atoms with Crippen LogP contribution < -0.4 is 4.90 Å². The van der Waals surface area contributed by atoms with Crippen molar-refractivity contribution in [2.45, 2.75) is 69.9 Å². The third-order valence-electron chi connectivity index (χ3n) is 8.06. The fourth-order valence-electron chi connectivity index (χ4n) is 6.06. The van der Waals surface area contributed by atoms with Gasteiger partial charge in [0.1, 0.15) is 11.9 Å². The molecule has 2 aliphatic carbocycles. The Bertz CT molecular complexity index is 1120. The fourth-order valence-corrected chi connectivity index (χ4v) is 6.06. The zero-order valence-electron chi connectivity index (χ0n) is 22.3. The molecule has 1 aliphatic heterocycles. The van der Waals surface area contributed by atoms with Gasteiger partial charge < -0.3 is 19.8 Å². The standard InChI is InChI=1S/C30H40N4O4/c1-2-3-4-5-6-7-11-26(35)38-24(20-32-15-17-33(18-16-32)25-10-8-9-14-31-25)21-34-29(36)27-22-12-13-23(19-22)28(27)30(34)37/h7-14,22-24,36-37H,2-6,15-21H2,1H3/t22-,23?,24?/m0/s1. The molecule has 2 unspecified atom stereocenters. The first-order valence-corrected chi connectivity index (χ1v) is 14.1. The Morgan fingerprint density at radius 3 is 2.45 bits per heavy atom. The number of carbonyl (C=O) groups excluding carboxylic acids is 1. The first kappa shape index (κ1) is 26.4. The highest BCUT2D eigenvalue weighted by Crippen LogP contribution is 2.56. The van der Waals surface area contributed by atoms with Crippen LogP contribution in [0, 0.1) is 0 Å². The molecule has 1 fully saturated rings. The Labute approximate surface area is 225 Å². The van der Waals surface area contributed by atoms with Crippen molar-refractivity contribution in [2.24, 2.45) is 0 Å². The van der Waals surface area contributed by atoms with E-state index in [4.69, 9.17) is 4.74 Å². The molecule has 2 N–H and O–H groups in total. The number of unbranched alkanes of at least 4 members (excludes halogenated alkanes) is 4. The molecule has 8 heteroatoms. The van der Waals surface area contributed by atoms with Crippen LogP contribution in [0.1, 0.15) is 68.4 Å². The Morgan fingerprint density at radius 1 is 1.05 bits per heavy atom. The Morgan fingerprint density at radius 2 is 1.79 bits per heavy atom. The van der Waals surface area contributed by atoms with E-state index < -0.39 is 6.10 Å². The van der Waals surface area contributed by atoms with Gasteiger partial charge in [-0.3, -0.25) is 9.47 Å². The molecule has 2 bridgehead atoms. The second-order valence-electron chi connectivity index (χ2n) is 10.7. The van der Waals surface area contributed by atoms with E-state index in [1.54, 1.807) is 0 Å². The van der Waals surface area contributed by atoms with E-state index in [0.29, 0.717) is 6.54 Å². The lowest BCUT2D eigenvalue weighted by Gasteiger charge is -2.36. The van der Waals surface area contributed by atoms with Gasteiger partial charge in [0.25, 0.3) is 0 Å². The molecular weight excluding hydrogens is 480 g/mol. The number of allylic oxidation sites excluding steroid dienone is 3. The number of esters is 1. The summed E-state index contributed by atoms with van der Waals surface area (Å²) < 4.78 is 7.46. The number of aromatic hydroxyl groups is 2. The molecule has 38 heavy (non-hydrogen) atoms. The molecule has 2 aromatic heterocycles. The summed E-state index contributed by atoms with van der Waals surface area (Å²) in [5.74, 6) is 1.10. The normalized spacial score (nSPS) is 21.3. The van der Waals surface area contributed by atoms with Gasteiger partial charge in [-0.2, -0.15) is 0 Å². The maximum absolute atomic E-state index is 12.7. The molecule has 3 atom stereocenters. The van der Waals surface area contributed by atoms with Crippen LogP contribution in [0.2, 0.25) is 0 Å². The summed E-state index contributed by atoms with van der Waals surface area (Å²) in [7, 11) is 0. The van der Waals surface area contributed by atoms with Crippen LogP contribution in [0.5, 0.6) is 11.8 Å². The topological polar surface area (TPSA) is 91.1 Å². The summed E-state index contributed by atoms with van der Waals surface area (Å²) in [6.07, 6.45) is 15.3. The number of ether oxygens (including phenoxy) is 1. The minimum absolute atomic E-state index is 0.0989. The molecule has 0 spiro atoms. The summed E-state index contributed by atoms with van der Waals surface area (Å²) in [6, 6.07) is 5.94. The third-order valence-corrected chi connectivity index (χ3v) is 8.06. The highest BCUT2D eigenvalue weighted by atomic mass is 16.5. The van der Waals surface area contributed by atoms with E-state index in [1.807, 2.05) is 30.5 Å². The maximum Gasteiger partial charge on any atom is 0.330 e. The van der Waals surface area contributed by atoms with Gasteiger partial charge in [-0.15, -0.1) is 0 Å². The lowest BCUT2D eigenvalue weighted by atomic mass is 10.0. The molecule has 0 saturated carbocycles. The summed E-state index contributed by atoms with van der Waals surface area (Å²) in [5.41, 5.74) is 1.66. The maximum atomic E-state index is 12.7. The first-order valence-electron chi connectivity index (χ1n) is 14.1. The summed E-state index contributed by atoms with van der Waals surface area (Å²) in [4.78, 5) is 21.7. The zero-order chi connectivity index (χ0) is 26.5. The minimum Gasteiger partial charge on any atom is -0.494 e. The molecule has 3 heterocycles. The van der Waals surface area contributed by atoms with E-state index in [1.165, 1.54) is 23.5 Å². The average Bonchev–Trinajstić information content (AvgIpc) is 3.62. The first-order chi connectivity index (χ1) is 18.5. The molecule has 5 rings (SSSR count). The number of carbonyl (C=O) groups is 1. The van der Waals surface area contributed by atoms with Crippen molar-refractivity contribution in [3.63, 3.8) is 0 Å². The van der Waals surface area contributed by atoms with E-state index in [0.717, 1.165) is 68.8 Å². The Hall–Kier alpha value is -3.26. The quantitative estimate of drug-likeness (QED) is 0.181. The van der Waals surface area contributed by atoms with Crippen LogP contribution in [0.15, 0.2) is 48.7 Å². The van der Waals surface area contributed by atoms with Gasteiger partial charge in [0, 0.05) is 68.0 Å². The molecule has 0 amide bonds. The van der Waals surface area contributed by atoms with Crippen molar-refractivity contribution in [2.75, 3.05) is 37.6 Å². The Balaban J connectivity index is 1.24. The smallest absolute Gasteiger partial charge is 0.330 e. The largest absolute Gasteiger partial charge is 0.494 e. The highest BCUT2D eigenvalue weighted by Gasteiger charge is 2.41. The number of fused-ring (bicyclic) bond motifs is 5. The molecule has 3 aliphatic rings. The second-order valence-corrected chi connectivity index (χ2v) is 10.7. The fraction of sp³-hybridized carbons (Fsp3) is 0.533. The third kappa shape index (κ3) is 5.75. The van der Waals surface area contributed by atoms with Crippen LogP contribution in [-0.4, -0.2) is 69.5 Å². The van der Waals surface area contributed by atoms with E-state index in [-0.39, 0.29) is 36.1 Å². The van der Waals surface area contributed by atoms with Gasteiger partial charge in [-0.05, 0) is 31.4 Å². The monoisotopic (exact) mass is 520 g/mol. The minimum atomic E-state index is -0.511. The van der Waals surface area contributed by atoms with Crippen molar-refractivity contribution in [1.82, 2.24) is 14.5 Å². The van der Waals surface area contributed by atoms with Gasteiger partial charge in [0.2, 0.25) is 0 Å². The van der Waals surface area contributed by atoms with Crippen molar-refractivity contribution in [3.8, 4) is 11.8 Å². The van der Waals surface area contributed by atoms with Crippen LogP contribution in [0.4, 0.5) is 5.82 Å². The molecule has 0 aromatic carbocycles. The van der Waals surface area contributed by atoms with Gasteiger partial charge in [0.05, 0.1) is 6.54 Å². The van der Waals surface area contributed by atoms with Crippen LogP contribution in [0.25, 0.3) is 0 Å². The summed E-state index contributed by atoms with van der Waals surface area (Å²) >= 11 is 0. The molecule has 8 nitrogen and oxygen atoms in total. The number of pyridine rings is 1. The number of hydrogen-bond donors (Lipinski definition) is 2. The van der Waals surface area contributed by atoms with Crippen molar-refractivity contribution < 1.29 is 19.7 Å². The number of hydrogen-bond acceptors (Lipinski definition) is 7. The number of nitrogens with zero attached hydrogens (tertiary/aromatic N) is 4. The average molecular weight is 521 g/mol. The summed E-state index contributed by atoms with van der Waals surface area (Å²) in [6.45, 7) is 6.21. The SMILES string of the molecule is CCCCCCC=CC(=O)OC(CN1CCN(c2ccccn2)CC1)Cn1c(O)c2c(c1O)[C@H]1C=CC2C1. The number of piperazine rings is 1. The van der Waals surface area contributed by atoms with Gasteiger partial charge in [-0.25, -0.2) is 9.78 Å². The predicted octanol–water partition coefficient (Wildman–Crippen LogP) is 4.70. The highest BCUT2D eigenvalue weighted by molar-refractivity contribution is 5.82. The van der Waals surface area contributed by atoms with Crippen molar-refractivity contribution in [3.05, 3.63) is 59.8 Å².